The number of hydrogen-bond donors (Lipinski definition) is 0. The maximum Gasteiger partial charge on any atom is 0.496 e. The molecule has 0 bridgehead atoms. The fraction of sp³-hybridized carbons (Fsp3) is 0.462. The Morgan fingerprint density at radius 2 is 1.83 bits per heavy atom. The van der Waals surface area contributed by atoms with Crippen LogP contribution in [0.3, 0.4) is 0 Å². The van der Waals surface area contributed by atoms with E-state index in [9.17, 15) is 0 Å². The molecule has 2 rings (SSSR count). The molecule has 0 unspecified atom stereocenters. The van der Waals surface area contributed by atoms with Crippen LogP contribution >= 0.6 is 11.6 Å². The van der Waals surface area contributed by atoms with Crippen LogP contribution in [-0.2, 0) is 9.31 Å². The van der Waals surface area contributed by atoms with Gasteiger partial charge in [-0.25, -0.2) is 4.98 Å². The second kappa shape index (κ2) is 4.27. The van der Waals surface area contributed by atoms with Gasteiger partial charge in [-0.15, -0.1) is 6.42 Å². The number of hydrogen-bond acceptors (Lipinski definition) is 3. The molecule has 18 heavy (non-hydrogen) atoms. The summed E-state index contributed by atoms with van der Waals surface area (Å²) in [4.78, 5) is 4.05. The smallest absolute Gasteiger partial charge is 0.399 e. The minimum absolute atomic E-state index is 0.317. The highest BCUT2D eigenvalue weighted by Gasteiger charge is 2.51. The molecule has 0 aliphatic carbocycles. The standard InChI is InChI=1S/C13H15BClNO2/c1-6-9-7-10(8-16-11(9)15)14-17-12(2,3)13(4,5)18-14/h1,7-8H,2-5H3. The lowest BCUT2D eigenvalue weighted by Crippen LogP contribution is -2.41. The summed E-state index contributed by atoms with van der Waals surface area (Å²) in [5.41, 5.74) is 0.566. The molecule has 94 valence electrons. The van der Waals surface area contributed by atoms with Gasteiger partial charge in [-0.2, -0.15) is 0 Å². The van der Waals surface area contributed by atoms with Gasteiger partial charge in [0, 0.05) is 11.7 Å². The summed E-state index contributed by atoms with van der Waals surface area (Å²) in [6.07, 6.45) is 7.00. The highest BCUT2D eigenvalue weighted by atomic mass is 35.5. The van der Waals surface area contributed by atoms with Crippen molar-refractivity contribution < 1.29 is 9.31 Å². The van der Waals surface area contributed by atoms with Crippen molar-refractivity contribution in [3.63, 3.8) is 0 Å². The molecule has 2 heterocycles. The lowest BCUT2D eigenvalue weighted by molar-refractivity contribution is 0.00578. The van der Waals surface area contributed by atoms with Crippen molar-refractivity contribution in [2.45, 2.75) is 38.9 Å². The van der Waals surface area contributed by atoms with Crippen molar-refractivity contribution in [3.8, 4) is 12.3 Å². The monoisotopic (exact) mass is 263 g/mol. The van der Waals surface area contributed by atoms with E-state index >= 15 is 0 Å². The molecule has 5 heteroatoms. The lowest BCUT2D eigenvalue weighted by Gasteiger charge is -2.32. The van der Waals surface area contributed by atoms with Crippen LogP contribution in [0.4, 0.5) is 0 Å². The van der Waals surface area contributed by atoms with Gasteiger partial charge in [0.15, 0.2) is 0 Å². The first kappa shape index (κ1) is 13.4. The summed E-state index contributed by atoms with van der Waals surface area (Å²) in [6.45, 7) is 7.99. The van der Waals surface area contributed by atoms with E-state index in [2.05, 4.69) is 10.9 Å². The van der Waals surface area contributed by atoms with Crippen LogP contribution in [0.2, 0.25) is 5.15 Å². The van der Waals surface area contributed by atoms with Gasteiger partial charge >= 0.3 is 7.12 Å². The topological polar surface area (TPSA) is 31.4 Å². The summed E-state index contributed by atoms with van der Waals surface area (Å²) < 4.78 is 11.8. The molecule has 0 atom stereocenters. The van der Waals surface area contributed by atoms with E-state index < -0.39 is 7.12 Å². The molecule has 3 nitrogen and oxygen atoms in total. The van der Waals surface area contributed by atoms with Crippen molar-refractivity contribution in [3.05, 3.63) is 23.0 Å². The van der Waals surface area contributed by atoms with Crippen molar-refractivity contribution in [1.82, 2.24) is 4.98 Å². The Morgan fingerprint density at radius 1 is 1.28 bits per heavy atom. The van der Waals surface area contributed by atoms with Gasteiger partial charge in [0.1, 0.15) is 5.15 Å². The molecular weight excluding hydrogens is 248 g/mol. The van der Waals surface area contributed by atoms with Crippen molar-refractivity contribution in [2.24, 2.45) is 0 Å². The molecule has 1 aromatic rings. The number of terminal acetylenes is 1. The Kier molecular flexibility index (Phi) is 3.18. The van der Waals surface area contributed by atoms with Gasteiger partial charge in [0.05, 0.1) is 16.8 Å². The van der Waals surface area contributed by atoms with Crippen molar-refractivity contribution in [1.29, 1.82) is 0 Å². The molecule has 1 aromatic heterocycles. The molecular formula is C13H15BClNO2. The molecule has 1 saturated heterocycles. The Hall–Kier alpha value is -1.02. The van der Waals surface area contributed by atoms with E-state index in [1.54, 1.807) is 12.3 Å². The normalized spacial score (nSPS) is 20.8. The van der Waals surface area contributed by atoms with E-state index in [0.29, 0.717) is 10.7 Å². The van der Waals surface area contributed by atoms with Gasteiger partial charge < -0.3 is 9.31 Å². The first-order chi connectivity index (χ1) is 8.27. The number of rotatable bonds is 1. The Balaban J connectivity index is 2.33. The highest BCUT2D eigenvalue weighted by molar-refractivity contribution is 6.62. The van der Waals surface area contributed by atoms with Gasteiger partial charge in [0.25, 0.3) is 0 Å². The molecule has 0 N–H and O–H groups in total. The van der Waals surface area contributed by atoms with Crippen LogP contribution in [-0.4, -0.2) is 23.3 Å². The third kappa shape index (κ3) is 2.14. The average Bonchev–Trinajstić information content (AvgIpc) is 2.49. The summed E-state index contributed by atoms with van der Waals surface area (Å²) in [5.74, 6) is 2.50. The molecule has 1 aliphatic rings. The second-order valence-electron chi connectivity index (χ2n) is 5.34. The van der Waals surface area contributed by atoms with Crippen LogP contribution in [0, 0.1) is 12.3 Å². The SMILES string of the molecule is C#Cc1cc(B2OC(C)(C)C(C)(C)O2)cnc1Cl. The summed E-state index contributed by atoms with van der Waals surface area (Å²) >= 11 is 5.88. The molecule has 0 saturated carbocycles. The quantitative estimate of drug-likeness (QED) is 0.441. The predicted molar refractivity (Wildman–Crippen MR) is 72.9 cm³/mol. The first-order valence-electron chi connectivity index (χ1n) is 5.74. The van der Waals surface area contributed by atoms with Crippen LogP contribution in [0.15, 0.2) is 12.3 Å². The molecule has 0 aromatic carbocycles. The predicted octanol–water partition coefficient (Wildman–Crippen LogP) is 2.02. The molecule has 1 aliphatic heterocycles. The lowest BCUT2D eigenvalue weighted by atomic mass is 9.80. The molecule has 1 fully saturated rings. The molecule has 0 radical (unpaired) electrons. The number of pyridine rings is 1. The van der Waals surface area contributed by atoms with E-state index in [4.69, 9.17) is 27.3 Å². The van der Waals surface area contributed by atoms with Crippen LogP contribution in [0.5, 0.6) is 0 Å². The van der Waals surface area contributed by atoms with E-state index in [0.717, 1.165) is 5.46 Å². The third-order valence-electron chi connectivity index (χ3n) is 3.54. The zero-order chi connectivity index (χ0) is 13.6. The third-order valence-corrected chi connectivity index (χ3v) is 3.84. The van der Waals surface area contributed by atoms with Gasteiger partial charge in [-0.1, -0.05) is 17.5 Å². The number of nitrogens with zero attached hydrogens (tertiary/aromatic N) is 1. The van der Waals surface area contributed by atoms with Crippen molar-refractivity contribution in [2.75, 3.05) is 0 Å². The average molecular weight is 264 g/mol. The zero-order valence-corrected chi connectivity index (χ0v) is 11.7. The van der Waals surface area contributed by atoms with Gasteiger partial charge in [0.2, 0.25) is 0 Å². The Bertz CT molecular complexity index is 506. The molecule has 0 amide bonds. The number of aromatic nitrogens is 1. The minimum atomic E-state index is -0.466. The van der Waals surface area contributed by atoms with Crippen LogP contribution in [0.1, 0.15) is 33.3 Å². The van der Waals surface area contributed by atoms with E-state index in [1.807, 2.05) is 27.7 Å². The molecule has 0 spiro atoms. The fourth-order valence-corrected chi connectivity index (χ4v) is 1.83. The van der Waals surface area contributed by atoms with Gasteiger partial charge in [-0.3, -0.25) is 0 Å². The van der Waals surface area contributed by atoms with Crippen molar-refractivity contribution >= 4 is 24.2 Å². The van der Waals surface area contributed by atoms with Crippen LogP contribution < -0.4 is 5.46 Å². The van der Waals surface area contributed by atoms with Gasteiger partial charge in [-0.05, 0) is 33.8 Å². The second-order valence-corrected chi connectivity index (χ2v) is 5.70. The maximum atomic E-state index is 5.92. The highest BCUT2D eigenvalue weighted by Crippen LogP contribution is 2.36. The zero-order valence-electron chi connectivity index (χ0n) is 11.0. The summed E-state index contributed by atoms with van der Waals surface area (Å²) in [6, 6.07) is 1.78. The number of halogens is 1. The van der Waals surface area contributed by atoms with Crippen LogP contribution in [0.25, 0.3) is 0 Å². The first-order valence-corrected chi connectivity index (χ1v) is 6.12. The summed E-state index contributed by atoms with van der Waals surface area (Å²) in [7, 11) is -0.466. The Morgan fingerprint density at radius 3 is 2.33 bits per heavy atom. The van der Waals surface area contributed by atoms with E-state index in [-0.39, 0.29) is 11.2 Å². The van der Waals surface area contributed by atoms with E-state index in [1.165, 1.54) is 0 Å². The largest absolute Gasteiger partial charge is 0.496 e. The Labute approximate surface area is 113 Å². The fourth-order valence-electron chi connectivity index (χ4n) is 1.67. The maximum absolute atomic E-state index is 5.92. The summed E-state index contributed by atoms with van der Waals surface area (Å²) in [5, 5.41) is 0.317. The minimum Gasteiger partial charge on any atom is -0.399 e.